The Morgan fingerprint density at radius 3 is 1.29 bits per heavy atom. The molecule has 136 valence electrons. The summed E-state index contributed by atoms with van der Waals surface area (Å²) >= 11 is 0. The standard InChI is InChI=1S/C24H20N4/c25-23(26)18-11-7-15(8-12-18)20-5-1-3-17-4-2-6-21(22(17)20)16-9-13-19(14-10-16)24(27)28/h1-14H,(H3,25,26)(H3,27,28). The van der Waals surface area contributed by atoms with Crippen LogP contribution < -0.4 is 11.5 Å². The summed E-state index contributed by atoms with van der Waals surface area (Å²) in [5.74, 6) is 0.131. The van der Waals surface area contributed by atoms with Gasteiger partial charge in [-0.25, -0.2) is 0 Å². The summed E-state index contributed by atoms with van der Waals surface area (Å²) in [5.41, 5.74) is 17.0. The highest BCUT2D eigenvalue weighted by molar-refractivity contribution is 6.07. The van der Waals surface area contributed by atoms with E-state index >= 15 is 0 Å². The molecule has 4 nitrogen and oxygen atoms in total. The lowest BCUT2D eigenvalue weighted by Crippen LogP contribution is -2.10. The van der Waals surface area contributed by atoms with Gasteiger partial charge in [-0.15, -0.1) is 0 Å². The van der Waals surface area contributed by atoms with Crippen LogP contribution in [0.4, 0.5) is 0 Å². The second-order valence-electron chi connectivity index (χ2n) is 6.69. The van der Waals surface area contributed by atoms with Gasteiger partial charge in [-0.2, -0.15) is 0 Å². The largest absolute Gasteiger partial charge is 0.384 e. The second kappa shape index (κ2) is 7.00. The topological polar surface area (TPSA) is 99.7 Å². The molecule has 0 saturated carbocycles. The predicted molar refractivity (Wildman–Crippen MR) is 117 cm³/mol. The molecule has 0 spiro atoms. The SMILES string of the molecule is N=C(N)c1ccc(-c2cccc3cccc(-c4ccc(C(=N)N)cc4)c23)cc1. The Morgan fingerprint density at radius 2 is 0.929 bits per heavy atom. The van der Waals surface area contributed by atoms with Gasteiger partial charge < -0.3 is 11.5 Å². The van der Waals surface area contributed by atoms with Crippen molar-refractivity contribution in [1.82, 2.24) is 0 Å². The maximum Gasteiger partial charge on any atom is 0.122 e. The lowest BCUT2D eigenvalue weighted by atomic mass is 9.91. The number of hydrogen-bond donors (Lipinski definition) is 4. The molecule has 0 amide bonds. The number of hydrogen-bond acceptors (Lipinski definition) is 2. The van der Waals surface area contributed by atoms with Crippen molar-refractivity contribution in [3.05, 3.63) is 96.1 Å². The second-order valence-corrected chi connectivity index (χ2v) is 6.69. The number of nitrogen functional groups attached to an aromatic ring is 2. The van der Waals surface area contributed by atoms with Crippen molar-refractivity contribution < 1.29 is 0 Å². The number of benzene rings is 4. The van der Waals surface area contributed by atoms with Gasteiger partial charge in [0.1, 0.15) is 11.7 Å². The zero-order valence-electron chi connectivity index (χ0n) is 15.2. The number of nitrogens with one attached hydrogen (secondary N) is 2. The molecule has 6 N–H and O–H groups in total. The molecule has 0 saturated heterocycles. The van der Waals surface area contributed by atoms with Crippen molar-refractivity contribution in [2.75, 3.05) is 0 Å². The zero-order valence-corrected chi connectivity index (χ0v) is 15.2. The Balaban J connectivity index is 1.91. The molecule has 0 bridgehead atoms. The summed E-state index contributed by atoms with van der Waals surface area (Å²) in [6, 6.07) is 28.1. The van der Waals surface area contributed by atoms with E-state index in [1.165, 1.54) is 0 Å². The molecule has 0 heterocycles. The van der Waals surface area contributed by atoms with Gasteiger partial charge >= 0.3 is 0 Å². The normalized spacial score (nSPS) is 10.7. The van der Waals surface area contributed by atoms with Gasteiger partial charge in [0, 0.05) is 11.1 Å². The molecule has 0 aliphatic carbocycles. The Labute approximate surface area is 163 Å². The van der Waals surface area contributed by atoms with Crippen LogP contribution in [0.2, 0.25) is 0 Å². The summed E-state index contributed by atoms with van der Waals surface area (Å²) in [4.78, 5) is 0. The molecular formula is C24H20N4. The number of nitrogens with two attached hydrogens (primary N) is 2. The van der Waals surface area contributed by atoms with Crippen molar-refractivity contribution in [1.29, 1.82) is 10.8 Å². The molecule has 0 aromatic heterocycles. The lowest BCUT2D eigenvalue weighted by Gasteiger charge is -2.13. The van der Waals surface area contributed by atoms with E-state index in [4.69, 9.17) is 22.3 Å². The molecule has 0 radical (unpaired) electrons. The Morgan fingerprint density at radius 1 is 0.536 bits per heavy atom. The molecule has 4 aromatic rings. The molecule has 0 unspecified atom stereocenters. The van der Waals surface area contributed by atoms with Crippen molar-refractivity contribution >= 4 is 22.4 Å². The van der Waals surface area contributed by atoms with Crippen LogP contribution in [0.25, 0.3) is 33.0 Å². The predicted octanol–water partition coefficient (Wildman–Crippen LogP) is 4.74. The van der Waals surface area contributed by atoms with E-state index < -0.39 is 0 Å². The highest BCUT2D eigenvalue weighted by atomic mass is 14.7. The van der Waals surface area contributed by atoms with Gasteiger partial charge in [0.05, 0.1) is 0 Å². The first kappa shape index (κ1) is 17.5. The van der Waals surface area contributed by atoms with E-state index in [0.29, 0.717) is 11.1 Å². The molecule has 4 rings (SSSR count). The first-order valence-electron chi connectivity index (χ1n) is 8.96. The van der Waals surface area contributed by atoms with E-state index in [-0.39, 0.29) is 11.7 Å². The highest BCUT2D eigenvalue weighted by Crippen LogP contribution is 2.36. The lowest BCUT2D eigenvalue weighted by molar-refractivity contribution is 1.42. The fraction of sp³-hybridized carbons (Fsp3) is 0. The van der Waals surface area contributed by atoms with Gasteiger partial charge in [-0.3, -0.25) is 10.8 Å². The summed E-state index contributed by atoms with van der Waals surface area (Å²) in [6.07, 6.45) is 0. The fourth-order valence-corrected chi connectivity index (χ4v) is 3.48. The van der Waals surface area contributed by atoms with Gasteiger partial charge in [-0.1, -0.05) is 84.9 Å². The van der Waals surface area contributed by atoms with E-state index in [1.54, 1.807) is 0 Å². The van der Waals surface area contributed by atoms with Gasteiger partial charge in [0.2, 0.25) is 0 Å². The van der Waals surface area contributed by atoms with E-state index in [1.807, 2.05) is 48.5 Å². The third-order valence-corrected chi connectivity index (χ3v) is 4.92. The van der Waals surface area contributed by atoms with Crippen molar-refractivity contribution in [3.8, 4) is 22.3 Å². The first-order chi connectivity index (χ1) is 13.5. The van der Waals surface area contributed by atoms with Crippen LogP contribution in [0.5, 0.6) is 0 Å². The molecule has 0 aliphatic rings. The molecular weight excluding hydrogens is 344 g/mol. The summed E-state index contributed by atoms with van der Waals surface area (Å²) in [6.45, 7) is 0. The van der Waals surface area contributed by atoms with Crippen LogP contribution in [0.1, 0.15) is 11.1 Å². The third kappa shape index (κ3) is 3.12. The zero-order chi connectivity index (χ0) is 19.7. The van der Waals surface area contributed by atoms with E-state index in [0.717, 1.165) is 33.0 Å². The van der Waals surface area contributed by atoms with Crippen LogP contribution in [-0.4, -0.2) is 11.7 Å². The summed E-state index contributed by atoms with van der Waals surface area (Å²) < 4.78 is 0. The molecule has 4 aromatic carbocycles. The summed E-state index contributed by atoms with van der Waals surface area (Å²) in [7, 11) is 0. The van der Waals surface area contributed by atoms with E-state index in [9.17, 15) is 0 Å². The van der Waals surface area contributed by atoms with Crippen LogP contribution >= 0.6 is 0 Å². The Hall–Kier alpha value is -3.92. The third-order valence-electron chi connectivity index (χ3n) is 4.92. The van der Waals surface area contributed by atoms with Crippen molar-refractivity contribution in [3.63, 3.8) is 0 Å². The molecule has 0 aliphatic heterocycles. The number of amidine groups is 2. The summed E-state index contributed by atoms with van der Waals surface area (Å²) in [5, 5.41) is 17.5. The minimum Gasteiger partial charge on any atom is -0.384 e. The monoisotopic (exact) mass is 364 g/mol. The maximum absolute atomic E-state index is 7.59. The van der Waals surface area contributed by atoms with Crippen LogP contribution in [0.15, 0.2) is 84.9 Å². The molecule has 4 heteroatoms. The van der Waals surface area contributed by atoms with Crippen LogP contribution in [0, 0.1) is 10.8 Å². The minimum absolute atomic E-state index is 0.0655. The maximum atomic E-state index is 7.59. The van der Waals surface area contributed by atoms with Crippen molar-refractivity contribution in [2.45, 2.75) is 0 Å². The van der Waals surface area contributed by atoms with Crippen molar-refractivity contribution in [2.24, 2.45) is 11.5 Å². The number of rotatable bonds is 4. The average Bonchev–Trinajstić information content (AvgIpc) is 2.73. The van der Waals surface area contributed by atoms with E-state index in [2.05, 4.69) is 36.4 Å². The molecule has 28 heavy (non-hydrogen) atoms. The van der Waals surface area contributed by atoms with Gasteiger partial charge in [0.25, 0.3) is 0 Å². The number of fused-ring (bicyclic) bond motifs is 1. The smallest absolute Gasteiger partial charge is 0.122 e. The highest BCUT2D eigenvalue weighted by Gasteiger charge is 2.10. The molecule has 0 atom stereocenters. The van der Waals surface area contributed by atoms with Gasteiger partial charge in [0.15, 0.2) is 0 Å². The molecule has 0 fully saturated rings. The minimum atomic E-state index is 0.0655. The Bertz CT molecular complexity index is 1100. The quantitative estimate of drug-likeness (QED) is 0.310. The van der Waals surface area contributed by atoms with Crippen LogP contribution in [0.3, 0.4) is 0 Å². The Kier molecular flexibility index (Phi) is 4.38. The van der Waals surface area contributed by atoms with Crippen LogP contribution in [-0.2, 0) is 0 Å². The fourth-order valence-electron chi connectivity index (χ4n) is 3.48. The first-order valence-corrected chi connectivity index (χ1v) is 8.96. The average molecular weight is 364 g/mol. The van der Waals surface area contributed by atoms with Gasteiger partial charge in [-0.05, 0) is 33.0 Å².